The molecule has 46 heavy (non-hydrogen) atoms. The Hall–Kier alpha value is -3.44. The predicted octanol–water partition coefficient (Wildman–Crippen LogP) is 10.0. The van der Waals surface area contributed by atoms with Gasteiger partial charge in [0, 0.05) is 43.6 Å². The molecule has 0 N–H and O–H groups in total. The molecule has 4 aromatic heterocycles. The van der Waals surface area contributed by atoms with E-state index in [1.165, 1.54) is 16.3 Å². The van der Waals surface area contributed by atoms with Gasteiger partial charge in [-0.15, -0.1) is 59.7 Å². The molecule has 4 nitrogen and oxygen atoms in total. The van der Waals surface area contributed by atoms with Gasteiger partial charge in [0.05, 0.1) is 13.7 Å². The smallest absolute Gasteiger partial charge is 0.216 e. The van der Waals surface area contributed by atoms with Crippen molar-refractivity contribution in [3.63, 3.8) is 0 Å². The molecule has 4 heterocycles. The van der Waals surface area contributed by atoms with Crippen LogP contribution in [0, 0.1) is 30.4 Å². The Kier molecular flexibility index (Phi) is 11.2. The van der Waals surface area contributed by atoms with Gasteiger partial charge in [-0.05, 0) is 65.9 Å². The molecule has 0 fully saturated rings. The minimum atomic E-state index is -1.34. The van der Waals surface area contributed by atoms with Crippen LogP contribution >= 0.6 is 0 Å². The van der Waals surface area contributed by atoms with E-state index in [9.17, 15) is 0 Å². The molecular weight excluding hydrogens is 759 g/mol. The van der Waals surface area contributed by atoms with Gasteiger partial charge in [0.1, 0.15) is 0 Å². The van der Waals surface area contributed by atoms with E-state index in [4.69, 9.17) is 4.42 Å². The Labute approximate surface area is 289 Å². The van der Waals surface area contributed by atoms with E-state index in [0.29, 0.717) is 11.6 Å². The summed E-state index contributed by atoms with van der Waals surface area (Å²) in [6.07, 6.45) is 6.14. The van der Waals surface area contributed by atoms with Crippen molar-refractivity contribution in [3.8, 4) is 22.5 Å². The number of benzene rings is 2. The second-order valence-electron chi connectivity index (χ2n) is 14.7. The first kappa shape index (κ1) is 35.4. The van der Waals surface area contributed by atoms with Gasteiger partial charge in [-0.2, -0.15) is 0 Å². The molecule has 0 bridgehead atoms. The molecule has 0 saturated heterocycles. The number of pyridine rings is 3. The molecular formula is C40H45IrN3OSi-2. The van der Waals surface area contributed by atoms with E-state index < -0.39 is 8.07 Å². The van der Waals surface area contributed by atoms with Crippen LogP contribution < -0.4 is 5.19 Å². The molecule has 0 aliphatic rings. The molecule has 6 aromatic rings. The van der Waals surface area contributed by atoms with E-state index in [1.807, 2.05) is 43.5 Å². The fourth-order valence-electron chi connectivity index (χ4n) is 5.67. The third kappa shape index (κ3) is 8.88. The maximum atomic E-state index is 5.85. The monoisotopic (exact) mass is 804 g/mol. The molecule has 1 radical (unpaired) electrons. The maximum Gasteiger partial charge on any atom is 0.216 e. The quantitative estimate of drug-likeness (QED) is 0.124. The van der Waals surface area contributed by atoms with Gasteiger partial charge in [-0.25, -0.2) is 4.98 Å². The summed E-state index contributed by atoms with van der Waals surface area (Å²) in [4.78, 5) is 13.7. The first-order chi connectivity index (χ1) is 21.3. The molecule has 0 unspecified atom stereocenters. The van der Waals surface area contributed by atoms with Crippen LogP contribution in [0.3, 0.4) is 0 Å². The van der Waals surface area contributed by atoms with Gasteiger partial charge >= 0.3 is 0 Å². The zero-order valence-electron chi connectivity index (χ0n) is 28.6. The zero-order chi connectivity index (χ0) is 32.4. The standard InChI is InChI=1S/C22H21N2O.C18H24NSi.Ir/c1-14-5-7-17-18-12-16(6-8-20(18)25-21(17)24-14)19-11-15(9-10-23-19)13-22(2,3)4;1-14(2)11-16-12-17(15-9-7-6-8-10-15)19-13-18(16)20(3,4)5;/h5,7-12H,13H2,1-4H3;6-9,12-14H,11H2,1-5H3;/q2*-1;. The molecule has 241 valence electrons. The average molecular weight is 804 g/mol. The summed E-state index contributed by atoms with van der Waals surface area (Å²) in [5.74, 6) is 0.667. The van der Waals surface area contributed by atoms with Crippen LogP contribution in [0.4, 0.5) is 0 Å². The minimum Gasteiger partial charge on any atom is -0.486 e. The largest absolute Gasteiger partial charge is 0.486 e. The van der Waals surface area contributed by atoms with Crippen LogP contribution in [-0.4, -0.2) is 23.0 Å². The molecule has 6 heteroatoms. The summed E-state index contributed by atoms with van der Waals surface area (Å²) >= 11 is 0. The maximum absolute atomic E-state index is 5.85. The summed E-state index contributed by atoms with van der Waals surface area (Å²) in [7, 11) is -1.34. The number of aromatic nitrogens is 3. The van der Waals surface area contributed by atoms with Gasteiger partial charge < -0.3 is 14.4 Å². The first-order valence-corrected chi connectivity index (χ1v) is 19.4. The topological polar surface area (TPSA) is 51.8 Å². The summed E-state index contributed by atoms with van der Waals surface area (Å²) in [6, 6.07) is 29.2. The number of hydrogen-bond acceptors (Lipinski definition) is 4. The molecule has 0 spiro atoms. The third-order valence-electron chi connectivity index (χ3n) is 7.65. The minimum absolute atomic E-state index is 0. The number of fused-ring (bicyclic) bond motifs is 3. The SMILES string of the molecule is CC(C)Cc1cc(-c2[c-]cccc2)ncc1[Si](C)(C)C.Cc1ccc2c(n1)oc1c[c-]c(-c3cc(CC(C)(C)C)ccn3)cc12.[Ir]. The van der Waals surface area contributed by atoms with Crippen molar-refractivity contribution in [2.75, 3.05) is 0 Å². The second-order valence-corrected chi connectivity index (χ2v) is 19.7. The fraction of sp³-hybridized carbons (Fsp3) is 0.325. The van der Waals surface area contributed by atoms with Crippen LogP contribution in [-0.2, 0) is 32.9 Å². The summed E-state index contributed by atoms with van der Waals surface area (Å²) in [5, 5.41) is 3.58. The van der Waals surface area contributed by atoms with Crippen molar-refractivity contribution >= 4 is 35.3 Å². The van der Waals surface area contributed by atoms with Crippen LogP contribution in [0.5, 0.6) is 0 Å². The van der Waals surface area contributed by atoms with Crippen LogP contribution in [0.2, 0.25) is 19.6 Å². The molecule has 0 amide bonds. The molecule has 0 aliphatic carbocycles. The first-order valence-electron chi connectivity index (χ1n) is 15.9. The number of hydrogen-bond donors (Lipinski definition) is 0. The molecule has 0 aliphatic heterocycles. The van der Waals surface area contributed by atoms with Crippen molar-refractivity contribution in [3.05, 3.63) is 108 Å². The summed E-state index contributed by atoms with van der Waals surface area (Å²) < 4.78 is 5.85. The van der Waals surface area contributed by atoms with Crippen LogP contribution in [0.1, 0.15) is 51.4 Å². The van der Waals surface area contributed by atoms with Crippen LogP contribution in [0.25, 0.3) is 44.6 Å². The van der Waals surface area contributed by atoms with E-state index in [1.54, 1.807) is 0 Å². The Morgan fingerprint density at radius 3 is 2.30 bits per heavy atom. The van der Waals surface area contributed by atoms with Crippen molar-refractivity contribution in [1.29, 1.82) is 0 Å². The summed E-state index contributed by atoms with van der Waals surface area (Å²) in [6.45, 7) is 20.4. The van der Waals surface area contributed by atoms with Crippen molar-refractivity contribution < 1.29 is 24.5 Å². The second kappa shape index (κ2) is 14.5. The average Bonchev–Trinajstić information content (AvgIpc) is 3.33. The molecule has 0 saturated carbocycles. The Morgan fingerprint density at radius 1 is 0.870 bits per heavy atom. The molecule has 0 atom stereocenters. The summed E-state index contributed by atoms with van der Waals surface area (Å²) in [5.41, 5.74) is 9.50. The van der Waals surface area contributed by atoms with Gasteiger partial charge in [0.15, 0.2) is 0 Å². The third-order valence-corrected chi connectivity index (χ3v) is 9.72. The van der Waals surface area contributed by atoms with Crippen molar-refractivity contribution in [2.24, 2.45) is 11.3 Å². The van der Waals surface area contributed by atoms with Gasteiger partial charge in [0.25, 0.3) is 0 Å². The normalized spacial score (nSPS) is 11.8. The zero-order valence-corrected chi connectivity index (χ0v) is 32.0. The fourth-order valence-corrected chi connectivity index (χ4v) is 7.26. The van der Waals surface area contributed by atoms with Gasteiger partial charge in [-0.3, -0.25) is 0 Å². The Balaban J connectivity index is 0.000000210. The number of furan rings is 1. The van der Waals surface area contributed by atoms with Crippen molar-refractivity contribution in [2.45, 2.75) is 74.0 Å². The number of aryl methyl sites for hydroxylation is 1. The van der Waals surface area contributed by atoms with E-state index in [2.05, 4.69) is 124 Å². The number of rotatable bonds is 6. The Morgan fingerprint density at radius 2 is 1.63 bits per heavy atom. The predicted molar refractivity (Wildman–Crippen MR) is 192 cm³/mol. The number of nitrogens with zero attached hydrogens (tertiary/aromatic N) is 3. The molecule has 2 aromatic carbocycles. The van der Waals surface area contributed by atoms with Gasteiger partial charge in [0.2, 0.25) is 5.71 Å². The van der Waals surface area contributed by atoms with E-state index in [-0.39, 0.29) is 25.5 Å². The molecule has 6 rings (SSSR count). The Bertz CT molecular complexity index is 1920. The van der Waals surface area contributed by atoms with Gasteiger partial charge in [-0.1, -0.05) is 82.9 Å². The van der Waals surface area contributed by atoms with Crippen molar-refractivity contribution in [1.82, 2.24) is 15.0 Å². The van der Waals surface area contributed by atoms with E-state index >= 15 is 0 Å². The van der Waals surface area contributed by atoms with E-state index in [0.717, 1.165) is 57.4 Å². The van der Waals surface area contributed by atoms with Crippen LogP contribution in [0.15, 0.2) is 83.5 Å².